The standard InChI is InChI=1S/C30H51N3O4/c1-3-5-7-9-11-13-15-17-19-21-29(34)31-26-23-27(25-28(24-26)33(36)37)32-30(35)22-20-18-16-14-12-10-8-6-4-2/h23-25H,3-22H2,1-2H3,(H,31,34)(H,32,35). The number of nitrogens with one attached hydrogen (secondary N) is 2. The highest BCUT2D eigenvalue weighted by molar-refractivity contribution is 5.94. The van der Waals surface area contributed by atoms with Crippen molar-refractivity contribution in [3.63, 3.8) is 0 Å². The summed E-state index contributed by atoms with van der Waals surface area (Å²) in [7, 11) is 0. The average Bonchev–Trinajstić information content (AvgIpc) is 2.86. The zero-order valence-electron chi connectivity index (χ0n) is 23.5. The molecule has 0 fully saturated rings. The van der Waals surface area contributed by atoms with Gasteiger partial charge in [-0.15, -0.1) is 0 Å². The summed E-state index contributed by atoms with van der Waals surface area (Å²) in [5.41, 5.74) is 0.529. The number of anilines is 2. The van der Waals surface area contributed by atoms with Gasteiger partial charge in [-0.25, -0.2) is 0 Å². The fourth-order valence-corrected chi connectivity index (χ4v) is 4.50. The Kier molecular flexibility index (Phi) is 19.0. The summed E-state index contributed by atoms with van der Waals surface area (Å²) in [6.45, 7) is 4.43. The van der Waals surface area contributed by atoms with Gasteiger partial charge in [0, 0.05) is 36.3 Å². The van der Waals surface area contributed by atoms with Gasteiger partial charge in [0.15, 0.2) is 0 Å². The molecule has 0 atom stereocenters. The second kappa shape index (κ2) is 21.6. The van der Waals surface area contributed by atoms with Crippen LogP contribution in [-0.4, -0.2) is 16.7 Å². The zero-order chi connectivity index (χ0) is 27.1. The van der Waals surface area contributed by atoms with Crippen LogP contribution in [0.4, 0.5) is 17.1 Å². The van der Waals surface area contributed by atoms with Crippen molar-refractivity contribution >= 4 is 28.9 Å². The highest BCUT2D eigenvalue weighted by atomic mass is 16.6. The predicted molar refractivity (Wildman–Crippen MR) is 154 cm³/mol. The van der Waals surface area contributed by atoms with Gasteiger partial charge in [-0.2, -0.15) is 0 Å². The molecular weight excluding hydrogens is 466 g/mol. The zero-order valence-corrected chi connectivity index (χ0v) is 23.5. The molecule has 0 radical (unpaired) electrons. The summed E-state index contributed by atoms with van der Waals surface area (Å²) >= 11 is 0. The topological polar surface area (TPSA) is 101 Å². The van der Waals surface area contributed by atoms with E-state index in [2.05, 4.69) is 24.5 Å². The third kappa shape index (κ3) is 17.6. The van der Waals surface area contributed by atoms with Gasteiger partial charge >= 0.3 is 0 Å². The molecule has 0 aliphatic heterocycles. The molecular formula is C30H51N3O4. The summed E-state index contributed by atoms with van der Waals surface area (Å²) < 4.78 is 0. The number of non-ortho nitro benzene ring substituents is 1. The molecule has 2 amide bonds. The Balaban J connectivity index is 2.36. The second-order valence-corrected chi connectivity index (χ2v) is 10.3. The number of carbonyl (C=O) groups is 2. The monoisotopic (exact) mass is 517 g/mol. The third-order valence-electron chi connectivity index (χ3n) is 6.71. The Labute approximate surface area is 224 Å². The van der Waals surface area contributed by atoms with Crippen LogP contribution >= 0.6 is 0 Å². The van der Waals surface area contributed by atoms with Crippen molar-refractivity contribution < 1.29 is 14.5 Å². The van der Waals surface area contributed by atoms with Crippen LogP contribution in [0.1, 0.15) is 142 Å². The third-order valence-corrected chi connectivity index (χ3v) is 6.71. The van der Waals surface area contributed by atoms with E-state index >= 15 is 0 Å². The van der Waals surface area contributed by atoms with E-state index in [0.717, 1.165) is 38.5 Å². The number of nitro groups is 1. The van der Waals surface area contributed by atoms with Crippen LogP contribution in [0.25, 0.3) is 0 Å². The van der Waals surface area contributed by atoms with Crippen molar-refractivity contribution in [2.75, 3.05) is 10.6 Å². The van der Waals surface area contributed by atoms with Crippen molar-refractivity contribution in [3.05, 3.63) is 28.3 Å². The van der Waals surface area contributed by atoms with Gasteiger partial charge in [0.25, 0.3) is 5.69 Å². The molecule has 0 unspecified atom stereocenters. The Morgan fingerprint density at radius 3 is 1.24 bits per heavy atom. The average molecular weight is 518 g/mol. The van der Waals surface area contributed by atoms with E-state index in [1.165, 1.54) is 89.2 Å². The van der Waals surface area contributed by atoms with E-state index < -0.39 is 4.92 Å². The second-order valence-electron chi connectivity index (χ2n) is 10.3. The lowest BCUT2D eigenvalue weighted by molar-refractivity contribution is -0.384. The Morgan fingerprint density at radius 2 is 0.919 bits per heavy atom. The van der Waals surface area contributed by atoms with E-state index in [4.69, 9.17) is 0 Å². The summed E-state index contributed by atoms with van der Waals surface area (Å²) in [5, 5.41) is 16.9. The quantitative estimate of drug-likeness (QED) is 0.0857. The lowest BCUT2D eigenvalue weighted by Crippen LogP contribution is -2.14. The first-order valence-electron chi connectivity index (χ1n) is 14.9. The molecule has 0 spiro atoms. The van der Waals surface area contributed by atoms with Crippen molar-refractivity contribution in [1.82, 2.24) is 0 Å². The minimum absolute atomic E-state index is 0.153. The van der Waals surface area contributed by atoms with Crippen LogP contribution in [0.3, 0.4) is 0 Å². The number of hydrogen-bond acceptors (Lipinski definition) is 4. The smallest absolute Gasteiger partial charge is 0.273 e. The molecule has 7 nitrogen and oxygen atoms in total. The van der Waals surface area contributed by atoms with Gasteiger partial charge in [0.2, 0.25) is 11.8 Å². The van der Waals surface area contributed by atoms with Gasteiger partial charge in [0.05, 0.1) is 4.92 Å². The van der Waals surface area contributed by atoms with E-state index in [1.54, 1.807) is 6.07 Å². The van der Waals surface area contributed by atoms with Crippen LogP contribution < -0.4 is 10.6 Å². The Hall–Kier alpha value is -2.44. The molecule has 0 bridgehead atoms. The maximum atomic E-state index is 12.4. The minimum atomic E-state index is -0.508. The van der Waals surface area contributed by atoms with E-state index in [9.17, 15) is 19.7 Å². The largest absolute Gasteiger partial charge is 0.326 e. The number of unbranched alkanes of at least 4 members (excludes halogenated alkanes) is 16. The highest BCUT2D eigenvalue weighted by Gasteiger charge is 2.13. The Morgan fingerprint density at radius 1 is 0.595 bits per heavy atom. The van der Waals surface area contributed by atoms with Crippen molar-refractivity contribution in [2.45, 2.75) is 142 Å². The molecule has 0 aliphatic carbocycles. The maximum Gasteiger partial charge on any atom is 0.273 e. The molecule has 7 heteroatoms. The lowest BCUT2D eigenvalue weighted by atomic mass is 10.1. The van der Waals surface area contributed by atoms with Gasteiger partial charge in [-0.3, -0.25) is 19.7 Å². The van der Waals surface area contributed by atoms with Gasteiger partial charge in [-0.1, -0.05) is 117 Å². The number of hydrogen-bond donors (Lipinski definition) is 2. The van der Waals surface area contributed by atoms with E-state index in [0.29, 0.717) is 24.2 Å². The van der Waals surface area contributed by atoms with Crippen LogP contribution in [0.2, 0.25) is 0 Å². The summed E-state index contributed by atoms with van der Waals surface area (Å²) in [5.74, 6) is -0.314. The SMILES string of the molecule is CCCCCCCCCCCC(=O)Nc1cc(NC(=O)CCCCCCCCCCC)cc([N+](=O)[O-])c1. The maximum absolute atomic E-state index is 12.4. The van der Waals surface area contributed by atoms with Crippen molar-refractivity contribution in [1.29, 1.82) is 0 Å². The van der Waals surface area contributed by atoms with Crippen LogP contribution in [0.5, 0.6) is 0 Å². The fraction of sp³-hybridized carbons (Fsp3) is 0.733. The summed E-state index contributed by atoms with van der Waals surface area (Å²) in [4.78, 5) is 35.6. The molecule has 210 valence electrons. The molecule has 1 rings (SSSR count). The molecule has 1 aromatic carbocycles. The van der Waals surface area contributed by atoms with Crippen molar-refractivity contribution in [3.8, 4) is 0 Å². The summed E-state index contributed by atoms with van der Waals surface area (Å²) in [6, 6.07) is 4.27. The number of amides is 2. The molecule has 0 saturated carbocycles. The van der Waals surface area contributed by atoms with Crippen LogP contribution in [0, 0.1) is 10.1 Å². The predicted octanol–water partition coefficient (Wildman–Crippen LogP) is 9.31. The first-order chi connectivity index (χ1) is 18.0. The van der Waals surface area contributed by atoms with Crippen LogP contribution in [0.15, 0.2) is 18.2 Å². The van der Waals surface area contributed by atoms with Gasteiger partial charge in [-0.05, 0) is 18.9 Å². The molecule has 2 N–H and O–H groups in total. The number of nitrogens with zero attached hydrogens (tertiary/aromatic N) is 1. The fourth-order valence-electron chi connectivity index (χ4n) is 4.50. The van der Waals surface area contributed by atoms with E-state index in [-0.39, 0.29) is 17.5 Å². The first-order valence-corrected chi connectivity index (χ1v) is 14.9. The van der Waals surface area contributed by atoms with Gasteiger partial charge < -0.3 is 10.6 Å². The highest BCUT2D eigenvalue weighted by Crippen LogP contribution is 2.25. The van der Waals surface area contributed by atoms with E-state index in [1.807, 2.05) is 0 Å². The first kappa shape index (κ1) is 32.6. The number of carbonyl (C=O) groups excluding carboxylic acids is 2. The number of nitro benzene ring substituents is 1. The van der Waals surface area contributed by atoms with Crippen LogP contribution in [-0.2, 0) is 9.59 Å². The molecule has 0 aliphatic rings. The molecule has 37 heavy (non-hydrogen) atoms. The lowest BCUT2D eigenvalue weighted by Gasteiger charge is -2.10. The Bertz CT molecular complexity index is 728. The number of benzene rings is 1. The number of rotatable bonds is 23. The molecule has 0 saturated heterocycles. The molecule has 0 aromatic heterocycles. The minimum Gasteiger partial charge on any atom is -0.326 e. The molecule has 1 aromatic rings. The van der Waals surface area contributed by atoms with Gasteiger partial charge in [0.1, 0.15) is 0 Å². The van der Waals surface area contributed by atoms with Crippen molar-refractivity contribution in [2.24, 2.45) is 0 Å². The normalized spacial score (nSPS) is 10.9. The summed E-state index contributed by atoms with van der Waals surface area (Å²) in [6.07, 6.45) is 21.9. The molecule has 0 heterocycles.